The number of nitrogens with one attached hydrogen (secondary N) is 1. The van der Waals surface area contributed by atoms with Gasteiger partial charge >= 0.3 is 0 Å². The Morgan fingerprint density at radius 2 is 1.41 bits per heavy atom. The molecule has 22 heavy (non-hydrogen) atoms. The molecule has 2 aromatic carbocycles. The topological polar surface area (TPSA) is 38.0 Å². The molecule has 0 radical (unpaired) electrons. The minimum Gasteiger partial charge on any atom is -0.397 e. The van der Waals surface area contributed by atoms with Crippen LogP contribution in [0.1, 0.15) is 58.2 Å². The fraction of sp³-hybridized carbons (Fsp3) is 0.400. The van der Waals surface area contributed by atoms with Crippen LogP contribution in [0.5, 0.6) is 0 Å². The van der Waals surface area contributed by atoms with Gasteiger partial charge in [0, 0.05) is 5.69 Å². The van der Waals surface area contributed by atoms with Crippen LogP contribution < -0.4 is 11.1 Å². The van der Waals surface area contributed by atoms with Crippen LogP contribution in [0.25, 0.3) is 0 Å². The molecular weight excluding hydrogens is 268 g/mol. The van der Waals surface area contributed by atoms with E-state index in [1.54, 1.807) is 0 Å². The Morgan fingerprint density at radius 1 is 0.909 bits per heavy atom. The van der Waals surface area contributed by atoms with Crippen LogP contribution in [0, 0.1) is 0 Å². The van der Waals surface area contributed by atoms with E-state index in [1.165, 1.54) is 0 Å². The average Bonchev–Trinajstić information content (AvgIpc) is 2.53. The van der Waals surface area contributed by atoms with Crippen molar-refractivity contribution < 1.29 is 5.48 Å². The normalized spacial score (nSPS) is 14.8. The average molecular weight is 300 g/mol. The molecule has 0 bridgehead atoms. The highest BCUT2D eigenvalue weighted by Gasteiger charge is 2.25. The number of hydrogen-bond donors (Lipinski definition) is 2. The second-order valence-electron chi connectivity index (χ2n) is 7.64. The molecule has 0 aliphatic carbocycles. The molecule has 0 unspecified atom stereocenters. The van der Waals surface area contributed by atoms with E-state index in [1.807, 2.05) is 18.2 Å². The first-order valence-electron chi connectivity index (χ1n) is 9.53. The Hall–Kier alpha value is -1.96. The second-order valence-corrected chi connectivity index (χ2v) is 7.64. The van der Waals surface area contributed by atoms with Crippen molar-refractivity contribution in [2.24, 2.45) is 0 Å². The number of nitrogen functional groups attached to an aromatic ring is 1. The molecular formula is C20H28N2. The molecule has 2 aromatic rings. The molecule has 0 amide bonds. The summed E-state index contributed by atoms with van der Waals surface area (Å²) in [5.74, 6) is 0. The zero-order valence-electron chi connectivity index (χ0n) is 18.3. The monoisotopic (exact) mass is 300 g/mol. The van der Waals surface area contributed by atoms with Crippen LogP contribution in [0.2, 0.25) is 0 Å². The Labute approximate surface area is 140 Å². The van der Waals surface area contributed by atoms with E-state index >= 15 is 0 Å². The van der Waals surface area contributed by atoms with Crippen molar-refractivity contribution in [1.29, 1.82) is 0 Å². The summed E-state index contributed by atoms with van der Waals surface area (Å²) in [4.78, 5) is 0. The zero-order chi connectivity index (χ0) is 20.0. The van der Waals surface area contributed by atoms with Crippen molar-refractivity contribution >= 4 is 17.1 Å². The van der Waals surface area contributed by atoms with Gasteiger partial charge in [0.05, 0.1) is 16.9 Å². The summed E-state index contributed by atoms with van der Waals surface area (Å²) in [6, 6.07) is 5.11. The first-order valence-corrected chi connectivity index (χ1v) is 7.53. The summed E-state index contributed by atoms with van der Waals surface area (Å²) >= 11 is 0. The lowest BCUT2D eigenvalue weighted by Gasteiger charge is -2.30. The van der Waals surface area contributed by atoms with E-state index < -0.39 is 0 Å². The summed E-state index contributed by atoms with van der Waals surface area (Å²) < 4.78 is 32.0. The maximum Gasteiger partial charge on any atom is 0.0645 e. The van der Waals surface area contributed by atoms with Crippen molar-refractivity contribution in [3.05, 3.63) is 53.5 Å². The maximum absolute atomic E-state index is 8.24. The highest BCUT2D eigenvalue weighted by Crippen LogP contribution is 2.39. The van der Waals surface area contributed by atoms with Crippen molar-refractivity contribution in [3.63, 3.8) is 0 Å². The van der Waals surface area contributed by atoms with Gasteiger partial charge in [0.1, 0.15) is 0 Å². The van der Waals surface area contributed by atoms with Crippen LogP contribution >= 0.6 is 0 Å². The Bertz CT molecular complexity index is 785. The van der Waals surface area contributed by atoms with E-state index in [-0.39, 0.29) is 46.4 Å². The number of para-hydroxylation sites is 3. The summed E-state index contributed by atoms with van der Waals surface area (Å²) in [6.07, 6.45) is 0. The number of benzene rings is 2. The highest BCUT2D eigenvalue weighted by atomic mass is 14.9. The molecule has 3 N–H and O–H groups in total. The van der Waals surface area contributed by atoms with Crippen LogP contribution in [0.15, 0.2) is 42.4 Å². The third kappa shape index (κ3) is 3.44. The summed E-state index contributed by atoms with van der Waals surface area (Å²) in [5, 5.41) is 3.26. The largest absolute Gasteiger partial charge is 0.397 e. The lowest BCUT2D eigenvalue weighted by molar-refractivity contribution is 0.572. The molecule has 2 nitrogen and oxygen atoms in total. The summed E-state index contributed by atoms with van der Waals surface area (Å²) in [5.41, 5.74) is 8.98. The predicted octanol–water partition coefficient (Wildman–Crippen LogP) is 5.61. The molecule has 0 heterocycles. The standard InChI is InChI=1S/C20H28N2/c1-19(2,3)14-10-9-11-15(20(4,5)6)18(14)22-17-13-8-7-12-16(17)21/h7-13,22H,21H2,1-6H3/i7D,8D,12D,13D. The third-order valence-corrected chi connectivity index (χ3v) is 3.65. The van der Waals surface area contributed by atoms with Gasteiger partial charge in [0.15, 0.2) is 0 Å². The van der Waals surface area contributed by atoms with Gasteiger partial charge in [-0.3, -0.25) is 0 Å². The van der Waals surface area contributed by atoms with Gasteiger partial charge in [0.2, 0.25) is 0 Å². The van der Waals surface area contributed by atoms with Crippen LogP contribution in [0.4, 0.5) is 17.1 Å². The van der Waals surface area contributed by atoms with Gasteiger partial charge in [-0.15, -0.1) is 0 Å². The summed E-state index contributed by atoms with van der Waals surface area (Å²) in [6.45, 7) is 12.7. The van der Waals surface area contributed by atoms with Crippen molar-refractivity contribution in [2.45, 2.75) is 52.4 Å². The number of hydrogen-bond acceptors (Lipinski definition) is 2. The number of nitrogens with two attached hydrogens (primary N) is 1. The fourth-order valence-electron chi connectivity index (χ4n) is 2.48. The first-order chi connectivity index (χ1) is 11.8. The van der Waals surface area contributed by atoms with Crippen molar-refractivity contribution in [1.82, 2.24) is 0 Å². The first kappa shape index (κ1) is 11.6. The molecule has 2 rings (SSSR count). The quantitative estimate of drug-likeness (QED) is 0.708. The van der Waals surface area contributed by atoms with Gasteiger partial charge < -0.3 is 11.1 Å². The van der Waals surface area contributed by atoms with Gasteiger partial charge in [-0.25, -0.2) is 0 Å². The smallest absolute Gasteiger partial charge is 0.0645 e. The number of anilines is 3. The minimum atomic E-state index is -0.321. The lowest BCUT2D eigenvalue weighted by Crippen LogP contribution is -2.20. The molecule has 0 fully saturated rings. The van der Waals surface area contributed by atoms with Gasteiger partial charge in [-0.05, 0) is 34.0 Å². The van der Waals surface area contributed by atoms with E-state index in [2.05, 4.69) is 46.9 Å². The third-order valence-electron chi connectivity index (χ3n) is 3.65. The van der Waals surface area contributed by atoms with E-state index in [9.17, 15) is 0 Å². The molecule has 0 saturated carbocycles. The zero-order valence-corrected chi connectivity index (χ0v) is 14.3. The molecule has 0 spiro atoms. The fourth-order valence-corrected chi connectivity index (χ4v) is 2.48. The van der Waals surface area contributed by atoms with Gasteiger partial charge in [-0.1, -0.05) is 71.8 Å². The Balaban J connectivity index is 2.79. The Morgan fingerprint density at radius 3 is 1.91 bits per heavy atom. The molecule has 2 heteroatoms. The number of rotatable bonds is 2. The minimum absolute atomic E-state index is 0.0274. The van der Waals surface area contributed by atoms with Crippen LogP contribution in [-0.2, 0) is 10.8 Å². The lowest BCUT2D eigenvalue weighted by atomic mass is 9.78. The molecule has 0 aliphatic rings. The van der Waals surface area contributed by atoms with Crippen molar-refractivity contribution in [3.8, 4) is 0 Å². The van der Waals surface area contributed by atoms with Gasteiger partial charge in [0.25, 0.3) is 0 Å². The molecule has 0 atom stereocenters. The Kier molecular flexibility index (Phi) is 2.99. The summed E-state index contributed by atoms with van der Waals surface area (Å²) in [7, 11) is 0. The van der Waals surface area contributed by atoms with E-state index in [0.717, 1.165) is 16.8 Å². The van der Waals surface area contributed by atoms with Crippen molar-refractivity contribution in [2.75, 3.05) is 11.1 Å². The maximum atomic E-state index is 8.24. The molecule has 118 valence electrons. The molecule has 0 aromatic heterocycles. The van der Waals surface area contributed by atoms with Crippen LogP contribution in [0.3, 0.4) is 0 Å². The predicted molar refractivity (Wildman–Crippen MR) is 98.0 cm³/mol. The van der Waals surface area contributed by atoms with E-state index in [4.69, 9.17) is 11.2 Å². The molecule has 0 saturated heterocycles. The van der Waals surface area contributed by atoms with Crippen LogP contribution in [-0.4, -0.2) is 0 Å². The van der Waals surface area contributed by atoms with E-state index in [0.29, 0.717) is 0 Å². The highest BCUT2D eigenvalue weighted by molar-refractivity contribution is 5.76. The van der Waals surface area contributed by atoms with Gasteiger partial charge in [-0.2, -0.15) is 0 Å². The SMILES string of the molecule is [2H]c1c([2H])c([2H])c(Nc2c(C(C)(C)C)cccc2C(C)(C)C)c(N)c1[2H]. The second kappa shape index (κ2) is 5.68. The molecule has 0 aliphatic heterocycles.